The zero-order valence-electron chi connectivity index (χ0n) is 17.2. The van der Waals surface area contributed by atoms with Crippen LogP contribution in [0.2, 0.25) is 0 Å². The van der Waals surface area contributed by atoms with Crippen LogP contribution in [0.15, 0.2) is 34.5 Å². The number of benzene rings is 1. The van der Waals surface area contributed by atoms with E-state index in [0.717, 1.165) is 5.56 Å². The van der Waals surface area contributed by atoms with Crippen LogP contribution in [0.25, 0.3) is 0 Å². The van der Waals surface area contributed by atoms with Gasteiger partial charge < -0.3 is 19.7 Å². The van der Waals surface area contributed by atoms with E-state index in [9.17, 15) is 15.0 Å². The number of Topliss-reactive ketones (excluding diaryl/α,β-unsaturated/α-hetero) is 1. The van der Waals surface area contributed by atoms with Gasteiger partial charge in [-0.3, -0.25) is 9.79 Å². The highest BCUT2D eigenvalue weighted by atomic mass is 16.5. The van der Waals surface area contributed by atoms with Gasteiger partial charge in [0.2, 0.25) is 0 Å². The van der Waals surface area contributed by atoms with Crippen molar-refractivity contribution in [3.63, 3.8) is 0 Å². The molecule has 0 amide bonds. The summed E-state index contributed by atoms with van der Waals surface area (Å²) in [5.41, 5.74) is 1.41. The van der Waals surface area contributed by atoms with Crippen molar-refractivity contribution in [3.8, 4) is 11.5 Å². The minimum atomic E-state index is -0.270. The normalized spacial score (nSPS) is 17.0. The maximum atomic E-state index is 12.7. The molecular weight excluding hydrogens is 358 g/mol. The van der Waals surface area contributed by atoms with E-state index in [-0.39, 0.29) is 30.1 Å². The number of ketones is 1. The fourth-order valence-electron chi connectivity index (χ4n) is 3.42. The largest absolute Gasteiger partial charge is 0.511 e. The van der Waals surface area contributed by atoms with Gasteiger partial charge in [0.1, 0.15) is 5.76 Å². The summed E-state index contributed by atoms with van der Waals surface area (Å²) in [4.78, 5) is 17.1. The quantitative estimate of drug-likeness (QED) is 0.629. The van der Waals surface area contributed by atoms with Crippen molar-refractivity contribution in [2.75, 3.05) is 26.4 Å². The van der Waals surface area contributed by atoms with E-state index < -0.39 is 0 Å². The summed E-state index contributed by atoms with van der Waals surface area (Å²) in [6.07, 6.45) is 1.15. The van der Waals surface area contributed by atoms with Crippen LogP contribution < -0.4 is 9.47 Å². The molecule has 0 heterocycles. The highest BCUT2D eigenvalue weighted by molar-refractivity contribution is 6.23. The molecule has 0 spiro atoms. The number of allylic oxidation sites excluding steroid dienone is 2. The molecule has 0 saturated carbocycles. The minimum absolute atomic E-state index is 0.0777. The molecular formula is C22H31NO5. The van der Waals surface area contributed by atoms with E-state index >= 15 is 0 Å². The minimum Gasteiger partial charge on any atom is -0.511 e. The van der Waals surface area contributed by atoms with Crippen molar-refractivity contribution in [2.24, 2.45) is 10.4 Å². The number of nitrogens with zero attached hydrogens (tertiary/aromatic N) is 1. The van der Waals surface area contributed by atoms with E-state index in [1.165, 1.54) is 0 Å². The molecule has 2 rings (SSSR count). The lowest BCUT2D eigenvalue weighted by atomic mass is 9.75. The van der Waals surface area contributed by atoms with Gasteiger partial charge in [0.05, 0.1) is 37.7 Å². The third kappa shape index (κ3) is 5.58. The molecule has 154 valence electrons. The van der Waals surface area contributed by atoms with Crippen molar-refractivity contribution >= 4 is 11.5 Å². The highest BCUT2D eigenvalue weighted by Crippen LogP contribution is 2.37. The Morgan fingerprint density at radius 2 is 1.82 bits per heavy atom. The number of aliphatic hydroxyl groups is 2. The summed E-state index contributed by atoms with van der Waals surface area (Å²) >= 11 is 0. The Bertz CT molecular complexity index is 764. The Kier molecular flexibility index (Phi) is 7.63. The Balaban J connectivity index is 2.38. The van der Waals surface area contributed by atoms with E-state index in [1.807, 2.05) is 45.9 Å². The molecule has 1 aromatic rings. The average Bonchev–Trinajstić information content (AvgIpc) is 2.60. The number of hydrogen-bond donors (Lipinski definition) is 2. The van der Waals surface area contributed by atoms with Gasteiger partial charge in [-0.05, 0) is 37.0 Å². The third-order valence-electron chi connectivity index (χ3n) is 4.52. The Morgan fingerprint density at radius 1 is 1.14 bits per heavy atom. The first-order valence-electron chi connectivity index (χ1n) is 9.79. The molecule has 6 heteroatoms. The van der Waals surface area contributed by atoms with Crippen LogP contribution in [0.5, 0.6) is 11.5 Å². The molecule has 6 nitrogen and oxygen atoms in total. The van der Waals surface area contributed by atoms with Crippen LogP contribution in [-0.2, 0) is 11.2 Å². The molecule has 0 aromatic heterocycles. The maximum Gasteiger partial charge on any atom is 0.168 e. The van der Waals surface area contributed by atoms with Gasteiger partial charge in [0, 0.05) is 19.3 Å². The van der Waals surface area contributed by atoms with Gasteiger partial charge in [-0.1, -0.05) is 19.9 Å². The number of hydrogen-bond acceptors (Lipinski definition) is 6. The van der Waals surface area contributed by atoms with Crippen LogP contribution in [0, 0.1) is 5.41 Å². The fraction of sp³-hybridized carbons (Fsp3) is 0.545. The number of carbonyl (C=O) groups is 1. The summed E-state index contributed by atoms with van der Waals surface area (Å²) in [6.45, 7) is 8.84. The van der Waals surface area contributed by atoms with Crippen LogP contribution in [0.1, 0.15) is 46.1 Å². The molecule has 1 aliphatic carbocycles. The monoisotopic (exact) mass is 389 g/mol. The second kappa shape index (κ2) is 9.73. The van der Waals surface area contributed by atoms with E-state index in [4.69, 9.17) is 9.47 Å². The van der Waals surface area contributed by atoms with E-state index in [0.29, 0.717) is 55.3 Å². The van der Waals surface area contributed by atoms with Gasteiger partial charge in [0.25, 0.3) is 0 Å². The molecule has 0 radical (unpaired) electrons. The van der Waals surface area contributed by atoms with Crippen molar-refractivity contribution in [2.45, 2.75) is 47.0 Å². The molecule has 0 aliphatic heterocycles. The molecule has 0 saturated heterocycles. The average molecular weight is 389 g/mol. The summed E-state index contributed by atoms with van der Waals surface area (Å²) in [5, 5.41) is 19.7. The molecule has 0 atom stereocenters. The number of rotatable bonds is 9. The summed E-state index contributed by atoms with van der Waals surface area (Å²) in [6, 6.07) is 5.61. The fourth-order valence-corrected chi connectivity index (χ4v) is 3.42. The van der Waals surface area contributed by atoms with E-state index in [2.05, 4.69) is 4.99 Å². The zero-order chi connectivity index (χ0) is 20.7. The van der Waals surface area contributed by atoms with Crippen molar-refractivity contribution in [1.29, 1.82) is 0 Å². The first kappa shape index (κ1) is 22.0. The van der Waals surface area contributed by atoms with Gasteiger partial charge in [-0.15, -0.1) is 0 Å². The summed E-state index contributed by atoms with van der Waals surface area (Å²) in [5.74, 6) is 1.27. The first-order valence-corrected chi connectivity index (χ1v) is 9.79. The van der Waals surface area contributed by atoms with Gasteiger partial charge in [-0.2, -0.15) is 0 Å². The molecule has 1 aromatic carbocycles. The predicted molar refractivity (Wildman–Crippen MR) is 110 cm³/mol. The van der Waals surface area contributed by atoms with Crippen molar-refractivity contribution in [1.82, 2.24) is 0 Å². The van der Waals surface area contributed by atoms with Crippen LogP contribution in [-0.4, -0.2) is 48.1 Å². The second-order valence-corrected chi connectivity index (χ2v) is 7.64. The van der Waals surface area contributed by atoms with Crippen molar-refractivity contribution < 1.29 is 24.5 Å². The van der Waals surface area contributed by atoms with Gasteiger partial charge >= 0.3 is 0 Å². The summed E-state index contributed by atoms with van der Waals surface area (Å²) < 4.78 is 11.3. The van der Waals surface area contributed by atoms with Gasteiger partial charge in [-0.25, -0.2) is 0 Å². The van der Waals surface area contributed by atoms with Gasteiger partial charge in [0.15, 0.2) is 17.3 Å². The Labute approximate surface area is 166 Å². The molecule has 2 N–H and O–H groups in total. The first-order chi connectivity index (χ1) is 13.3. The lowest BCUT2D eigenvalue weighted by Crippen LogP contribution is -2.30. The lowest BCUT2D eigenvalue weighted by Gasteiger charge is -2.30. The zero-order valence-corrected chi connectivity index (χ0v) is 17.2. The standard InChI is InChI=1S/C22H31NO5/c1-5-27-19-8-7-15(12-20(19)28-6-2)11-16(23-9-10-24)21-17(25)13-22(3,4)14-18(21)26/h7-8,12,24-25H,5-6,9-11,13-14H2,1-4H3. The number of ether oxygens (including phenoxy) is 2. The maximum absolute atomic E-state index is 12.7. The van der Waals surface area contributed by atoms with Crippen LogP contribution in [0.4, 0.5) is 0 Å². The number of aliphatic imine (C=N–C) groups is 1. The summed E-state index contributed by atoms with van der Waals surface area (Å²) in [7, 11) is 0. The lowest BCUT2D eigenvalue weighted by molar-refractivity contribution is -0.117. The SMILES string of the molecule is CCOc1ccc(CC(=NCCO)C2=C(O)CC(C)(C)CC2=O)cc1OCC. The number of aliphatic hydroxyl groups excluding tert-OH is 2. The number of carbonyl (C=O) groups excluding carboxylic acids is 1. The second-order valence-electron chi connectivity index (χ2n) is 7.64. The Hall–Kier alpha value is -2.34. The third-order valence-corrected chi connectivity index (χ3v) is 4.52. The smallest absolute Gasteiger partial charge is 0.168 e. The molecule has 28 heavy (non-hydrogen) atoms. The van der Waals surface area contributed by atoms with Crippen LogP contribution in [0.3, 0.4) is 0 Å². The molecule has 0 bridgehead atoms. The molecule has 0 unspecified atom stereocenters. The van der Waals surface area contributed by atoms with Crippen LogP contribution >= 0.6 is 0 Å². The molecule has 0 fully saturated rings. The molecule has 1 aliphatic rings. The van der Waals surface area contributed by atoms with Crippen molar-refractivity contribution in [3.05, 3.63) is 35.1 Å². The Morgan fingerprint density at radius 3 is 2.43 bits per heavy atom. The predicted octanol–water partition coefficient (Wildman–Crippen LogP) is 3.66. The topological polar surface area (TPSA) is 88.4 Å². The van der Waals surface area contributed by atoms with E-state index in [1.54, 1.807) is 0 Å². The highest BCUT2D eigenvalue weighted by Gasteiger charge is 2.35.